The highest BCUT2D eigenvalue weighted by atomic mass is 35.5. The molecule has 1 saturated heterocycles. The minimum Gasteiger partial charge on any atom is -0.340 e. The molecule has 1 aromatic heterocycles. The summed E-state index contributed by atoms with van der Waals surface area (Å²) >= 11 is 5.80. The maximum absolute atomic E-state index is 12.7. The fourth-order valence-electron chi connectivity index (χ4n) is 3.07. The number of aromatic nitrogens is 1. The average Bonchev–Trinajstić information content (AvgIpc) is 2.69. The number of hydrogen-bond acceptors (Lipinski definition) is 4. The highest BCUT2D eigenvalue weighted by molar-refractivity contribution is 6.30. The number of nitrogens with one attached hydrogen (secondary N) is 1. The molecule has 1 aliphatic heterocycles. The van der Waals surface area contributed by atoms with Gasteiger partial charge in [0.15, 0.2) is 0 Å². The van der Waals surface area contributed by atoms with Crippen molar-refractivity contribution in [3.05, 3.63) is 59.2 Å². The molecule has 1 fully saturated rings. The van der Waals surface area contributed by atoms with Gasteiger partial charge in [-0.15, -0.1) is 24.8 Å². The number of anilines is 1. The molecule has 2 aromatic rings. The van der Waals surface area contributed by atoms with Crippen LogP contribution in [0.5, 0.6) is 0 Å². The molecule has 2 unspecified atom stereocenters. The number of carbonyl (C=O) groups is 2. The van der Waals surface area contributed by atoms with E-state index < -0.39 is 6.04 Å². The quantitative estimate of drug-likeness (QED) is 0.754. The number of hydrogen-bond donors (Lipinski definition) is 2. The summed E-state index contributed by atoms with van der Waals surface area (Å²) in [6, 6.07) is 11.9. The second-order valence-electron chi connectivity index (χ2n) is 6.36. The average molecular weight is 446 g/mol. The van der Waals surface area contributed by atoms with Crippen molar-refractivity contribution in [2.75, 3.05) is 18.4 Å². The van der Waals surface area contributed by atoms with Gasteiger partial charge in [0.05, 0.1) is 10.9 Å². The van der Waals surface area contributed by atoms with Gasteiger partial charge in [0, 0.05) is 19.3 Å². The first-order valence-corrected chi connectivity index (χ1v) is 8.94. The van der Waals surface area contributed by atoms with Gasteiger partial charge in [-0.1, -0.05) is 41.9 Å². The summed E-state index contributed by atoms with van der Waals surface area (Å²) in [5.74, 6) is -0.138. The van der Waals surface area contributed by atoms with Crippen LogP contribution in [0.25, 0.3) is 0 Å². The lowest BCUT2D eigenvalue weighted by atomic mass is 9.95. The Balaban J connectivity index is 0.00000196. The van der Waals surface area contributed by atoms with Gasteiger partial charge in [0.25, 0.3) is 0 Å². The van der Waals surface area contributed by atoms with Gasteiger partial charge >= 0.3 is 0 Å². The van der Waals surface area contributed by atoms with Crippen LogP contribution in [0.4, 0.5) is 5.82 Å². The van der Waals surface area contributed by atoms with Crippen molar-refractivity contribution in [2.24, 2.45) is 11.7 Å². The largest absolute Gasteiger partial charge is 0.340 e. The Morgan fingerprint density at radius 3 is 2.54 bits per heavy atom. The number of amides is 2. The Morgan fingerprint density at radius 2 is 1.89 bits per heavy atom. The van der Waals surface area contributed by atoms with Gasteiger partial charge < -0.3 is 16.0 Å². The Hall–Kier alpha value is -1.86. The molecule has 2 amide bonds. The molecule has 28 heavy (non-hydrogen) atoms. The fraction of sp³-hybridized carbons (Fsp3) is 0.316. The zero-order valence-electron chi connectivity index (χ0n) is 15.1. The number of benzene rings is 1. The van der Waals surface area contributed by atoms with Crippen molar-refractivity contribution in [3.8, 4) is 0 Å². The maximum Gasteiger partial charge on any atom is 0.244 e. The third-order valence-corrected chi connectivity index (χ3v) is 4.73. The molecule has 0 bridgehead atoms. The first-order valence-electron chi connectivity index (χ1n) is 8.56. The van der Waals surface area contributed by atoms with E-state index in [-0.39, 0.29) is 42.5 Å². The second-order valence-corrected chi connectivity index (χ2v) is 6.80. The molecule has 152 valence electrons. The van der Waals surface area contributed by atoms with Crippen molar-refractivity contribution >= 4 is 54.0 Å². The predicted molar refractivity (Wildman–Crippen MR) is 115 cm³/mol. The number of rotatable bonds is 4. The molecule has 0 spiro atoms. The molecule has 2 heterocycles. The third-order valence-electron chi connectivity index (χ3n) is 4.51. The lowest BCUT2D eigenvalue weighted by molar-refractivity contribution is -0.136. The molecule has 0 aliphatic carbocycles. The van der Waals surface area contributed by atoms with E-state index in [1.165, 1.54) is 6.20 Å². The lowest BCUT2D eigenvalue weighted by Gasteiger charge is -2.33. The van der Waals surface area contributed by atoms with E-state index in [4.69, 9.17) is 17.3 Å². The maximum atomic E-state index is 12.7. The van der Waals surface area contributed by atoms with Crippen LogP contribution in [0.2, 0.25) is 5.02 Å². The van der Waals surface area contributed by atoms with Gasteiger partial charge in [-0.05, 0) is 30.5 Å². The molecule has 6 nitrogen and oxygen atoms in total. The summed E-state index contributed by atoms with van der Waals surface area (Å²) in [6.45, 7) is 0.973. The lowest BCUT2D eigenvalue weighted by Crippen LogP contribution is -2.47. The van der Waals surface area contributed by atoms with Crippen molar-refractivity contribution in [2.45, 2.75) is 18.9 Å². The number of nitrogens with zero attached hydrogens (tertiary/aromatic N) is 2. The van der Waals surface area contributed by atoms with E-state index >= 15 is 0 Å². The van der Waals surface area contributed by atoms with Crippen molar-refractivity contribution < 1.29 is 9.59 Å². The van der Waals surface area contributed by atoms with Crippen LogP contribution in [0.3, 0.4) is 0 Å². The summed E-state index contributed by atoms with van der Waals surface area (Å²) in [6.07, 6.45) is 2.97. The summed E-state index contributed by atoms with van der Waals surface area (Å²) in [5, 5.41) is 3.29. The van der Waals surface area contributed by atoms with Gasteiger partial charge in [-0.25, -0.2) is 4.98 Å². The number of likely N-dealkylation sites (tertiary alicyclic amines) is 1. The topological polar surface area (TPSA) is 88.3 Å². The normalized spacial score (nSPS) is 16.9. The summed E-state index contributed by atoms with van der Waals surface area (Å²) in [4.78, 5) is 31.0. The first-order chi connectivity index (χ1) is 12.5. The molecule has 2 atom stereocenters. The molecule has 3 rings (SSSR count). The smallest absolute Gasteiger partial charge is 0.244 e. The highest BCUT2D eigenvalue weighted by Gasteiger charge is 2.31. The monoisotopic (exact) mass is 444 g/mol. The Labute approximate surface area is 181 Å². The molecular formula is C19H23Cl3N4O2. The van der Waals surface area contributed by atoms with Gasteiger partial charge in [0.1, 0.15) is 11.9 Å². The molecule has 1 aliphatic rings. The number of piperidine rings is 1. The number of halogens is 3. The van der Waals surface area contributed by atoms with E-state index in [9.17, 15) is 9.59 Å². The van der Waals surface area contributed by atoms with Crippen LogP contribution in [0.15, 0.2) is 48.7 Å². The molecule has 0 radical (unpaired) electrons. The Kier molecular flexibility index (Phi) is 9.69. The van der Waals surface area contributed by atoms with Crippen LogP contribution in [-0.4, -0.2) is 34.8 Å². The van der Waals surface area contributed by atoms with Crippen molar-refractivity contribution in [3.63, 3.8) is 0 Å². The summed E-state index contributed by atoms with van der Waals surface area (Å²) < 4.78 is 0. The van der Waals surface area contributed by atoms with Crippen LogP contribution in [0, 0.1) is 5.92 Å². The van der Waals surface area contributed by atoms with Gasteiger partial charge in [0.2, 0.25) is 11.8 Å². The van der Waals surface area contributed by atoms with E-state index in [0.29, 0.717) is 23.9 Å². The molecule has 0 saturated carbocycles. The van der Waals surface area contributed by atoms with Crippen molar-refractivity contribution in [1.29, 1.82) is 0 Å². The molecule has 3 N–H and O–H groups in total. The molecular weight excluding hydrogens is 423 g/mol. The SMILES string of the molecule is Cl.Cl.NC(C(=O)N1CCCC(C(=O)Nc2ccc(Cl)cn2)C1)c1ccccc1. The van der Waals surface area contributed by atoms with E-state index in [1.807, 2.05) is 30.3 Å². The van der Waals surface area contributed by atoms with Crippen LogP contribution in [0.1, 0.15) is 24.4 Å². The Morgan fingerprint density at radius 1 is 1.18 bits per heavy atom. The van der Waals surface area contributed by atoms with Crippen LogP contribution in [-0.2, 0) is 9.59 Å². The van der Waals surface area contributed by atoms with Gasteiger partial charge in [-0.3, -0.25) is 9.59 Å². The zero-order valence-corrected chi connectivity index (χ0v) is 17.5. The number of nitrogens with two attached hydrogens (primary N) is 1. The number of pyridine rings is 1. The molecule has 1 aromatic carbocycles. The first kappa shape index (κ1) is 24.2. The predicted octanol–water partition coefficient (Wildman–Crippen LogP) is 3.46. The van der Waals surface area contributed by atoms with Crippen molar-refractivity contribution in [1.82, 2.24) is 9.88 Å². The van der Waals surface area contributed by atoms with Gasteiger partial charge in [-0.2, -0.15) is 0 Å². The Bertz CT molecular complexity index is 775. The fourth-order valence-corrected chi connectivity index (χ4v) is 3.18. The van der Waals surface area contributed by atoms with E-state index in [2.05, 4.69) is 10.3 Å². The summed E-state index contributed by atoms with van der Waals surface area (Å²) in [7, 11) is 0. The highest BCUT2D eigenvalue weighted by Crippen LogP contribution is 2.22. The van der Waals surface area contributed by atoms with Crippen LogP contribution >= 0.6 is 36.4 Å². The summed E-state index contributed by atoms with van der Waals surface area (Å²) in [5.41, 5.74) is 6.89. The minimum atomic E-state index is -0.712. The molecule has 9 heteroatoms. The third kappa shape index (κ3) is 6.07. The minimum absolute atomic E-state index is 0. The van der Waals surface area contributed by atoms with Crippen LogP contribution < -0.4 is 11.1 Å². The number of carbonyl (C=O) groups excluding carboxylic acids is 2. The standard InChI is InChI=1S/C19H21ClN4O2.2ClH/c20-15-8-9-16(22-11-15)23-18(25)14-7-4-10-24(12-14)19(26)17(21)13-5-2-1-3-6-13;;/h1-3,5-6,8-9,11,14,17H,4,7,10,12,21H2,(H,22,23,25);2*1H. The van der Waals surface area contributed by atoms with E-state index in [0.717, 1.165) is 18.4 Å². The zero-order chi connectivity index (χ0) is 18.5. The van der Waals surface area contributed by atoms with E-state index in [1.54, 1.807) is 17.0 Å². The second kappa shape index (κ2) is 11.2.